The molecule has 1 heterocycles. The molecule has 0 bridgehead atoms. The third kappa shape index (κ3) is 3.77. The molecular formula is C19H18ClNO2S. The number of halogens is 1. The maximum absolute atomic E-state index is 12.6. The minimum absolute atomic E-state index is 0.000683. The van der Waals surface area contributed by atoms with Gasteiger partial charge in [0.1, 0.15) is 11.1 Å². The maximum atomic E-state index is 12.6. The number of carbonyl (C=O) groups excluding carboxylic acids is 1. The molecule has 0 N–H and O–H groups in total. The number of nitrogens with zero attached hydrogens (tertiary/aromatic N) is 1. The summed E-state index contributed by atoms with van der Waals surface area (Å²) in [6.45, 7) is 0.743. The minimum atomic E-state index is 0.000683. The van der Waals surface area contributed by atoms with Crippen LogP contribution in [0.5, 0.6) is 5.75 Å². The first-order valence-corrected chi connectivity index (χ1v) is 9.10. The van der Waals surface area contributed by atoms with Crippen molar-refractivity contribution < 1.29 is 9.53 Å². The second-order valence-electron chi connectivity index (χ2n) is 5.38. The molecule has 2 aromatic carbocycles. The molecule has 0 aliphatic carbocycles. The largest absolute Gasteiger partial charge is 0.497 e. The molecule has 24 heavy (non-hydrogen) atoms. The van der Waals surface area contributed by atoms with Crippen LogP contribution in [0.25, 0.3) is 6.08 Å². The van der Waals surface area contributed by atoms with E-state index in [1.54, 1.807) is 31.0 Å². The van der Waals surface area contributed by atoms with E-state index < -0.39 is 0 Å². The summed E-state index contributed by atoms with van der Waals surface area (Å²) < 4.78 is 5.19. The van der Waals surface area contributed by atoms with E-state index in [2.05, 4.69) is 0 Å². The van der Waals surface area contributed by atoms with Gasteiger partial charge in [0.05, 0.1) is 7.11 Å². The van der Waals surface area contributed by atoms with E-state index in [0.717, 1.165) is 29.2 Å². The average Bonchev–Trinajstić information content (AvgIpc) is 3.10. The molecule has 0 spiro atoms. The van der Waals surface area contributed by atoms with Crippen molar-refractivity contribution >= 4 is 35.3 Å². The number of rotatable bonds is 4. The molecule has 3 nitrogen and oxygen atoms in total. The Labute approximate surface area is 151 Å². The normalized spacial score (nSPS) is 17.4. The van der Waals surface area contributed by atoms with Gasteiger partial charge in [0.2, 0.25) is 5.91 Å². The lowest BCUT2D eigenvalue weighted by Crippen LogP contribution is -2.28. The van der Waals surface area contributed by atoms with Crippen LogP contribution in [-0.4, -0.2) is 30.2 Å². The Morgan fingerprint density at radius 3 is 2.71 bits per heavy atom. The van der Waals surface area contributed by atoms with Crippen LogP contribution in [0.15, 0.2) is 54.6 Å². The lowest BCUT2D eigenvalue weighted by molar-refractivity contribution is -0.126. The van der Waals surface area contributed by atoms with Crippen LogP contribution in [0.2, 0.25) is 5.02 Å². The second kappa shape index (κ2) is 7.77. The monoisotopic (exact) mass is 359 g/mol. The molecule has 0 radical (unpaired) electrons. The van der Waals surface area contributed by atoms with Crippen molar-refractivity contribution in [1.82, 2.24) is 4.90 Å². The second-order valence-corrected chi connectivity index (χ2v) is 6.98. The zero-order valence-corrected chi connectivity index (χ0v) is 14.9. The highest BCUT2D eigenvalue weighted by atomic mass is 35.5. The van der Waals surface area contributed by atoms with Crippen LogP contribution in [0.1, 0.15) is 16.5 Å². The summed E-state index contributed by atoms with van der Waals surface area (Å²) in [5.41, 5.74) is 1.96. The van der Waals surface area contributed by atoms with Crippen molar-refractivity contribution in [2.75, 3.05) is 19.4 Å². The van der Waals surface area contributed by atoms with E-state index in [-0.39, 0.29) is 11.3 Å². The van der Waals surface area contributed by atoms with Crippen molar-refractivity contribution in [2.24, 2.45) is 0 Å². The Hall–Kier alpha value is -1.91. The van der Waals surface area contributed by atoms with E-state index in [1.165, 1.54) is 0 Å². The summed E-state index contributed by atoms with van der Waals surface area (Å²) in [6.07, 6.45) is 3.38. The van der Waals surface area contributed by atoms with E-state index in [1.807, 2.05) is 53.4 Å². The molecule has 0 saturated carbocycles. The summed E-state index contributed by atoms with van der Waals surface area (Å²) >= 11 is 7.90. The van der Waals surface area contributed by atoms with Gasteiger partial charge in [0.15, 0.2) is 0 Å². The molecule has 1 unspecified atom stereocenters. The molecule has 1 amide bonds. The number of ether oxygens (including phenoxy) is 1. The minimum Gasteiger partial charge on any atom is -0.497 e. The average molecular weight is 360 g/mol. The molecule has 1 atom stereocenters. The van der Waals surface area contributed by atoms with Gasteiger partial charge in [-0.25, -0.2) is 0 Å². The molecule has 1 saturated heterocycles. The topological polar surface area (TPSA) is 29.5 Å². The lowest BCUT2D eigenvalue weighted by atomic mass is 10.2. The number of hydrogen-bond acceptors (Lipinski definition) is 3. The Kier molecular flexibility index (Phi) is 5.48. The zero-order chi connectivity index (χ0) is 16.9. The quantitative estimate of drug-likeness (QED) is 0.745. The number of benzene rings is 2. The smallest absolute Gasteiger partial charge is 0.247 e. The van der Waals surface area contributed by atoms with Gasteiger partial charge in [-0.1, -0.05) is 41.9 Å². The Morgan fingerprint density at radius 2 is 2.00 bits per heavy atom. The highest BCUT2D eigenvalue weighted by Gasteiger charge is 2.29. The van der Waals surface area contributed by atoms with Crippen LogP contribution in [0.3, 0.4) is 0 Å². The molecular weight excluding hydrogens is 342 g/mol. The number of thioether (sulfide) groups is 1. The number of carbonyl (C=O) groups is 1. The summed E-state index contributed by atoms with van der Waals surface area (Å²) in [7, 11) is 1.65. The Balaban J connectivity index is 1.74. The fourth-order valence-corrected chi connectivity index (χ4v) is 4.07. The van der Waals surface area contributed by atoms with Gasteiger partial charge < -0.3 is 9.64 Å². The standard InChI is InChI=1S/C19H18ClNO2S/c1-23-16-9-6-15(7-10-16)19-21(12-13-24-19)18(22)11-8-14-4-2-3-5-17(14)20/h2-11,19H,12-13H2,1H3. The summed E-state index contributed by atoms with van der Waals surface area (Å²) in [6, 6.07) is 15.4. The van der Waals surface area contributed by atoms with E-state index >= 15 is 0 Å². The zero-order valence-electron chi connectivity index (χ0n) is 13.3. The lowest BCUT2D eigenvalue weighted by Gasteiger charge is -2.23. The van der Waals surface area contributed by atoms with Crippen LogP contribution in [0.4, 0.5) is 0 Å². The SMILES string of the molecule is COc1ccc(C2SCCN2C(=O)C=Cc2ccccc2Cl)cc1. The van der Waals surface area contributed by atoms with E-state index in [9.17, 15) is 4.79 Å². The molecule has 0 aromatic heterocycles. The third-order valence-electron chi connectivity index (χ3n) is 3.89. The van der Waals surface area contributed by atoms with E-state index in [4.69, 9.17) is 16.3 Å². The van der Waals surface area contributed by atoms with Gasteiger partial charge in [-0.05, 0) is 35.4 Å². The van der Waals surface area contributed by atoms with Gasteiger partial charge in [-0.15, -0.1) is 11.8 Å². The first-order chi connectivity index (χ1) is 11.7. The van der Waals surface area contributed by atoms with Crippen LogP contribution in [-0.2, 0) is 4.79 Å². The number of amides is 1. The summed E-state index contributed by atoms with van der Waals surface area (Å²) in [4.78, 5) is 14.5. The number of methoxy groups -OCH3 is 1. The van der Waals surface area contributed by atoms with E-state index in [0.29, 0.717) is 5.02 Å². The fourth-order valence-electron chi connectivity index (χ4n) is 2.61. The van der Waals surface area contributed by atoms with Crippen LogP contribution >= 0.6 is 23.4 Å². The van der Waals surface area contributed by atoms with Crippen molar-refractivity contribution in [3.8, 4) is 5.75 Å². The molecule has 1 aliphatic heterocycles. The highest BCUT2D eigenvalue weighted by molar-refractivity contribution is 7.99. The first-order valence-electron chi connectivity index (χ1n) is 7.68. The molecule has 3 rings (SSSR count). The van der Waals surface area contributed by atoms with Gasteiger partial charge in [0, 0.05) is 23.4 Å². The van der Waals surface area contributed by atoms with Gasteiger partial charge in [-0.3, -0.25) is 4.79 Å². The van der Waals surface area contributed by atoms with Crippen LogP contribution < -0.4 is 4.74 Å². The molecule has 1 aliphatic rings. The Morgan fingerprint density at radius 1 is 1.25 bits per heavy atom. The summed E-state index contributed by atoms with van der Waals surface area (Å²) in [5, 5.41) is 0.684. The van der Waals surface area contributed by atoms with Gasteiger partial charge >= 0.3 is 0 Å². The fraction of sp³-hybridized carbons (Fsp3) is 0.211. The number of hydrogen-bond donors (Lipinski definition) is 0. The van der Waals surface area contributed by atoms with Crippen molar-refractivity contribution in [3.05, 3.63) is 70.8 Å². The Bertz CT molecular complexity index is 745. The third-order valence-corrected chi connectivity index (χ3v) is 5.49. The predicted octanol–water partition coefficient (Wildman–Crippen LogP) is 4.64. The predicted molar refractivity (Wildman–Crippen MR) is 100 cm³/mol. The van der Waals surface area contributed by atoms with Crippen molar-refractivity contribution in [2.45, 2.75) is 5.37 Å². The highest BCUT2D eigenvalue weighted by Crippen LogP contribution is 2.38. The van der Waals surface area contributed by atoms with Crippen molar-refractivity contribution in [3.63, 3.8) is 0 Å². The first kappa shape index (κ1) is 16.9. The molecule has 1 fully saturated rings. The van der Waals surface area contributed by atoms with Gasteiger partial charge in [0.25, 0.3) is 0 Å². The van der Waals surface area contributed by atoms with Crippen molar-refractivity contribution in [1.29, 1.82) is 0 Å². The van der Waals surface area contributed by atoms with Crippen LogP contribution in [0, 0.1) is 0 Å². The maximum Gasteiger partial charge on any atom is 0.247 e. The molecule has 2 aromatic rings. The molecule has 124 valence electrons. The van der Waals surface area contributed by atoms with Gasteiger partial charge in [-0.2, -0.15) is 0 Å². The molecule has 5 heteroatoms. The summed E-state index contributed by atoms with van der Waals surface area (Å²) in [5.74, 6) is 1.75.